The Morgan fingerprint density at radius 1 is 1.26 bits per heavy atom. The Labute approximate surface area is 175 Å². The van der Waals surface area contributed by atoms with Crippen LogP contribution < -0.4 is 10.1 Å². The van der Waals surface area contributed by atoms with Crippen molar-refractivity contribution in [2.45, 2.75) is 13.5 Å². The van der Waals surface area contributed by atoms with E-state index in [2.05, 4.69) is 20.8 Å². The summed E-state index contributed by atoms with van der Waals surface area (Å²) < 4.78 is 26.7. The number of amides is 1. The van der Waals surface area contributed by atoms with Crippen molar-refractivity contribution in [2.75, 3.05) is 5.32 Å². The molecule has 0 bridgehead atoms. The summed E-state index contributed by atoms with van der Waals surface area (Å²) in [6.07, 6.45) is 0. The van der Waals surface area contributed by atoms with Gasteiger partial charge in [-0.15, -0.1) is 5.10 Å². The number of aromatic nitrogens is 4. The molecule has 2 aromatic heterocycles. The maximum atomic E-state index is 14.2. The molecule has 0 aliphatic carbocycles. The van der Waals surface area contributed by atoms with Crippen LogP contribution in [0.25, 0.3) is 5.69 Å². The smallest absolute Gasteiger partial charge is 0.291 e. The number of halogens is 1. The number of nitriles is 1. The van der Waals surface area contributed by atoms with Gasteiger partial charge in [0.1, 0.15) is 30.0 Å². The molecule has 0 saturated heterocycles. The third kappa shape index (κ3) is 4.25. The van der Waals surface area contributed by atoms with Crippen molar-refractivity contribution in [3.05, 3.63) is 83.3 Å². The van der Waals surface area contributed by atoms with Crippen LogP contribution in [0, 0.1) is 24.1 Å². The number of hydrogen-bond acceptors (Lipinski definition) is 7. The molecule has 0 aliphatic heterocycles. The molecule has 1 N–H and O–H groups in total. The zero-order valence-corrected chi connectivity index (χ0v) is 16.2. The van der Waals surface area contributed by atoms with Gasteiger partial charge in [-0.25, -0.2) is 4.39 Å². The lowest BCUT2D eigenvalue weighted by atomic mass is 10.2. The second kappa shape index (κ2) is 8.46. The van der Waals surface area contributed by atoms with Crippen LogP contribution in [0.4, 0.5) is 10.1 Å². The van der Waals surface area contributed by atoms with Crippen LogP contribution in [0.3, 0.4) is 0 Å². The third-order valence-corrected chi connectivity index (χ3v) is 4.33. The van der Waals surface area contributed by atoms with E-state index >= 15 is 0 Å². The lowest BCUT2D eigenvalue weighted by Crippen LogP contribution is -2.13. The summed E-state index contributed by atoms with van der Waals surface area (Å²) in [5, 5.41) is 22.7. The molecule has 31 heavy (non-hydrogen) atoms. The highest BCUT2D eigenvalue weighted by molar-refractivity contribution is 6.02. The van der Waals surface area contributed by atoms with Crippen molar-refractivity contribution in [2.24, 2.45) is 0 Å². The normalized spacial score (nSPS) is 10.5. The first-order chi connectivity index (χ1) is 15.0. The monoisotopic (exact) mass is 418 g/mol. The number of aryl methyl sites for hydroxylation is 1. The SMILES string of the molecule is Cc1nnnn1-c1ccc(F)c(NC(=O)c2ccc(COc3ccccc3C#N)o2)c1. The zero-order valence-electron chi connectivity index (χ0n) is 16.2. The van der Waals surface area contributed by atoms with Gasteiger partial charge in [-0.3, -0.25) is 4.79 Å². The summed E-state index contributed by atoms with van der Waals surface area (Å²) in [5.74, 6) is 0.0212. The van der Waals surface area contributed by atoms with Crippen LogP contribution in [-0.4, -0.2) is 26.1 Å². The van der Waals surface area contributed by atoms with Gasteiger partial charge in [-0.05, 0) is 59.8 Å². The standard InChI is InChI=1S/C21H15FN6O3/c1-13-25-26-27-28(13)15-6-8-17(22)18(10-15)24-21(29)20-9-7-16(31-20)12-30-19-5-3-2-4-14(19)11-23/h2-10H,12H2,1H3,(H,24,29). The number of rotatable bonds is 6. The molecular formula is C21H15FN6O3. The summed E-state index contributed by atoms with van der Waals surface area (Å²) in [7, 11) is 0. The van der Waals surface area contributed by atoms with Crippen LogP contribution in [0.5, 0.6) is 5.75 Å². The Morgan fingerprint density at radius 2 is 2.10 bits per heavy atom. The molecule has 0 fully saturated rings. The first-order valence-electron chi connectivity index (χ1n) is 9.12. The Hall–Kier alpha value is -4.52. The molecule has 0 radical (unpaired) electrons. The Balaban J connectivity index is 1.46. The predicted octanol–water partition coefficient (Wildman–Crippen LogP) is 3.41. The molecule has 0 saturated carbocycles. The fourth-order valence-electron chi connectivity index (χ4n) is 2.81. The van der Waals surface area contributed by atoms with Crippen molar-refractivity contribution in [3.63, 3.8) is 0 Å². The van der Waals surface area contributed by atoms with Crippen LogP contribution in [0.1, 0.15) is 27.7 Å². The number of tetrazole rings is 1. The van der Waals surface area contributed by atoms with Gasteiger partial charge in [0.2, 0.25) is 0 Å². The second-order valence-corrected chi connectivity index (χ2v) is 6.42. The van der Waals surface area contributed by atoms with Crippen molar-refractivity contribution in [3.8, 4) is 17.5 Å². The maximum Gasteiger partial charge on any atom is 0.291 e. The van der Waals surface area contributed by atoms with Crippen LogP contribution in [0.2, 0.25) is 0 Å². The van der Waals surface area contributed by atoms with Crippen molar-refractivity contribution in [1.82, 2.24) is 20.2 Å². The van der Waals surface area contributed by atoms with Gasteiger partial charge in [-0.1, -0.05) is 12.1 Å². The summed E-state index contributed by atoms with van der Waals surface area (Å²) in [6, 6.07) is 16.0. The number of carbonyl (C=O) groups is 1. The summed E-state index contributed by atoms with van der Waals surface area (Å²) in [5.41, 5.74) is 0.832. The molecule has 0 spiro atoms. The molecule has 10 heteroatoms. The maximum absolute atomic E-state index is 14.2. The van der Waals surface area contributed by atoms with E-state index in [1.54, 1.807) is 37.3 Å². The van der Waals surface area contributed by atoms with E-state index in [0.717, 1.165) is 0 Å². The molecule has 154 valence electrons. The number of para-hydroxylation sites is 1. The minimum Gasteiger partial charge on any atom is -0.484 e. The number of benzene rings is 2. The lowest BCUT2D eigenvalue weighted by Gasteiger charge is -2.08. The number of hydrogen-bond donors (Lipinski definition) is 1. The van der Waals surface area contributed by atoms with Crippen molar-refractivity contribution in [1.29, 1.82) is 5.26 Å². The molecular weight excluding hydrogens is 403 g/mol. The number of furan rings is 1. The zero-order chi connectivity index (χ0) is 21.8. The van der Waals surface area contributed by atoms with E-state index in [4.69, 9.17) is 14.4 Å². The largest absolute Gasteiger partial charge is 0.484 e. The number of nitrogens with one attached hydrogen (secondary N) is 1. The first kappa shape index (κ1) is 19.8. The fraction of sp³-hybridized carbons (Fsp3) is 0.0952. The van der Waals surface area contributed by atoms with Crippen LogP contribution in [0.15, 0.2) is 59.0 Å². The topological polar surface area (TPSA) is 119 Å². The molecule has 4 aromatic rings. The van der Waals surface area contributed by atoms with Gasteiger partial charge in [0, 0.05) is 0 Å². The van der Waals surface area contributed by atoms with E-state index in [-0.39, 0.29) is 18.1 Å². The van der Waals surface area contributed by atoms with Gasteiger partial charge >= 0.3 is 0 Å². The Bertz CT molecular complexity index is 1290. The van der Waals surface area contributed by atoms with Gasteiger partial charge in [0.25, 0.3) is 5.91 Å². The summed E-state index contributed by atoms with van der Waals surface area (Å²) in [4.78, 5) is 12.5. The molecule has 4 rings (SSSR count). The molecule has 2 aromatic carbocycles. The van der Waals surface area contributed by atoms with E-state index in [1.807, 2.05) is 6.07 Å². The number of nitrogens with zero attached hydrogens (tertiary/aromatic N) is 5. The lowest BCUT2D eigenvalue weighted by molar-refractivity contribution is 0.0992. The van der Waals surface area contributed by atoms with Crippen LogP contribution >= 0.6 is 0 Å². The van der Waals surface area contributed by atoms with E-state index in [1.165, 1.54) is 28.9 Å². The minimum atomic E-state index is -0.631. The van der Waals surface area contributed by atoms with E-state index in [0.29, 0.717) is 28.6 Å². The summed E-state index contributed by atoms with van der Waals surface area (Å²) in [6.45, 7) is 1.72. The van der Waals surface area contributed by atoms with Gasteiger partial charge < -0.3 is 14.5 Å². The summed E-state index contributed by atoms with van der Waals surface area (Å²) >= 11 is 0. The Morgan fingerprint density at radius 3 is 2.87 bits per heavy atom. The highest BCUT2D eigenvalue weighted by Gasteiger charge is 2.16. The van der Waals surface area contributed by atoms with Gasteiger partial charge in [0.15, 0.2) is 11.6 Å². The third-order valence-electron chi connectivity index (χ3n) is 4.33. The Kier molecular flexibility index (Phi) is 5.40. The molecule has 0 atom stereocenters. The first-order valence-corrected chi connectivity index (χ1v) is 9.12. The predicted molar refractivity (Wildman–Crippen MR) is 106 cm³/mol. The van der Waals surface area contributed by atoms with Crippen LogP contribution in [-0.2, 0) is 6.61 Å². The quantitative estimate of drug-likeness (QED) is 0.510. The molecule has 0 aliphatic rings. The average molecular weight is 418 g/mol. The minimum absolute atomic E-state index is 0.0180. The number of ether oxygens (including phenoxy) is 1. The highest BCUT2D eigenvalue weighted by atomic mass is 19.1. The van der Waals surface area contributed by atoms with Gasteiger partial charge in [0.05, 0.1) is 16.9 Å². The molecule has 2 heterocycles. The number of carbonyl (C=O) groups excluding carboxylic acids is 1. The fourth-order valence-corrected chi connectivity index (χ4v) is 2.81. The molecule has 9 nitrogen and oxygen atoms in total. The highest BCUT2D eigenvalue weighted by Crippen LogP contribution is 2.22. The number of anilines is 1. The van der Waals surface area contributed by atoms with Gasteiger partial charge in [-0.2, -0.15) is 9.94 Å². The van der Waals surface area contributed by atoms with E-state index in [9.17, 15) is 9.18 Å². The van der Waals surface area contributed by atoms with Crippen molar-refractivity contribution >= 4 is 11.6 Å². The second-order valence-electron chi connectivity index (χ2n) is 6.42. The average Bonchev–Trinajstić information content (AvgIpc) is 3.43. The molecule has 1 amide bonds. The molecule has 0 unspecified atom stereocenters. The van der Waals surface area contributed by atoms with Crippen molar-refractivity contribution < 1.29 is 18.3 Å². The van der Waals surface area contributed by atoms with E-state index < -0.39 is 11.7 Å².